The van der Waals surface area contributed by atoms with E-state index in [0.717, 1.165) is 5.56 Å². The SMILES string of the molecule is COc1ccc(CN(C)CC(=O)Nc2ccc3c(c2)OC(F)(F)O3)c(OC)c1. The van der Waals surface area contributed by atoms with Crippen LogP contribution >= 0.6 is 0 Å². The van der Waals surface area contributed by atoms with Gasteiger partial charge in [0.25, 0.3) is 0 Å². The number of likely N-dealkylation sites (N-methyl/N-ethyl adjacent to an activating group) is 1. The Kier molecular flexibility index (Phi) is 5.55. The van der Waals surface area contributed by atoms with Gasteiger partial charge >= 0.3 is 6.29 Å². The molecule has 1 heterocycles. The summed E-state index contributed by atoms with van der Waals surface area (Å²) in [5.74, 6) is 0.823. The van der Waals surface area contributed by atoms with Gasteiger partial charge in [0.15, 0.2) is 11.5 Å². The lowest BCUT2D eigenvalue weighted by Gasteiger charge is -2.18. The number of alkyl halides is 2. The summed E-state index contributed by atoms with van der Waals surface area (Å²) in [6.45, 7) is 0.549. The van der Waals surface area contributed by atoms with Crippen LogP contribution < -0.4 is 24.3 Å². The second-order valence-corrected chi connectivity index (χ2v) is 6.23. The molecule has 2 aromatic carbocycles. The molecule has 0 aliphatic carbocycles. The fourth-order valence-corrected chi connectivity index (χ4v) is 2.80. The third-order valence-corrected chi connectivity index (χ3v) is 4.03. The predicted molar refractivity (Wildman–Crippen MR) is 97.2 cm³/mol. The van der Waals surface area contributed by atoms with Crippen molar-refractivity contribution >= 4 is 11.6 Å². The molecule has 0 saturated carbocycles. The molecule has 0 atom stereocenters. The summed E-state index contributed by atoms with van der Waals surface area (Å²) >= 11 is 0. The third kappa shape index (κ3) is 4.61. The van der Waals surface area contributed by atoms with Crippen molar-refractivity contribution in [1.29, 1.82) is 0 Å². The lowest BCUT2D eigenvalue weighted by molar-refractivity contribution is -0.286. The van der Waals surface area contributed by atoms with Crippen LogP contribution in [0.1, 0.15) is 5.56 Å². The maximum Gasteiger partial charge on any atom is 0.586 e. The zero-order valence-corrected chi connectivity index (χ0v) is 15.6. The quantitative estimate of drug-likeness (QED) is 0.778. The highest BCUT2D eigenvalue weighted by molar-refractivity contribution is 5.92. The van der Waals surface area contributed by atoms with Gasteiger partial charge in [-0.05, 0) is 25.2 Å². The number of rotatable bonds is 7. The van der Waals surface area contributed by atoms with Crippen molar-refractivity contribution < 1.29 is 32.5 Å². The smallest absolute Gasteiger partial charge is 0.497 e. The van der Waals surface area contributed by atoms with E-state index in [1.54, 1.807) is 32.2 Å². The number of hydrogen-bond donors (Lipinski definition) is 1. The van der Waals surface area contributed by atoms with Crippen molar-refractivity contribution in [3.05, 3.63) is 42.0 Å². The minimum absolute atomic E-state index is 0.0771. The standard InChI is InChI=1S/C19H20F2N2O5/c1-23(10-12-4-6-14(25-2)9-16(12)26-3)11-18(24)22-13-5-7-15-17(8-13)28-19(20,21)27-15/h4-9H,10-11H2,1-3H3,(H,22,24). The molecule has 0 saturated heterocycles. The van der Waals surface area contributed by atoms with E-state index in [4.69, 9.17) is 9.47 Å². The van der Waals surface area contributed by atoms with Crippen LogP contribution in [0.4, 0.5) is 14.5 Å². The first-order valence-corrected chi connectivity index (χ1v) is 8.39. The molecule has 9 heteroatoms. The number of anilines is 1. The number of methoxy groups -OCH3 is 2. The van der Waals surface area contributed by atoms with E-state index in [0.29, 0.717) is 23.7 Å². The molecular weight excluding hydrogens is 374 g/mol. The number of carbonyl (C=O) groups excluding carboxylic acids is 1. The molecular formula is C19H20F2N2O5. The van der Waals surface area contributed by atoms with Crippen molar-refractivity contribution in [2.45, 2.75) is 12.8 Å². The average Bonchev–Trinajstić information content (AvgIpc) is 2.94. The number of nitrogens with one attached hydrogen (secondary N) is 1. The Bertz CT molecular complexity index is 875. The van der Waals surface area contributed by atoms with Crippen LogP contribution in [0.2, 0.25) is 0 Å². The highest BCUT2D eigenvalue weighted by atomic mass is 19.3. The molecule has 1 aliphatic heterocycles. The van der Waals surface area contributed by atoms with E-state index < -0.39 is 6.29 Å². The van der Waals surface area contributed by atoms with Gasteiger partial charge < -0.3 is 24.3 Å². The number of amides is 1. The number of nitrogens with zero attached hydrogens (tertiary/aromatic N) is 1. The molecule has 0 spiro atoms. The fourth-order valence-electron chi connectivity index (χ4n) is 2.80. The van der Waals surface area contributed by atoms with Gasteiger partial charge in [-0.25, -0.2) is 0 Å². The molecule has 0 unspecified atom stereocenters. The second kappa shape index (κ2) is 7.89. The molecule has 0 aromatic heterocycles. The highest BCUT2D eigenvalue weighted by Gasteiger charge is 2.43. The van der Waals surface area contributed by atoms with Crippen molar-refractivity contribution in [1.82, 2.24) is 4.90 Å². The Balaban J connectivity index is 1.58. The van der Waals surface area contributed by atoms with Crippen LogP contribution in [0.5, 0.6) is 23.0 Å². The van der Waals surface area contributed by atoms with E-state index in [2.05, 4.69) is 14.8 Å². The van der Waals surface area contributed by atoms with Crippen molar-refractivity contribution in [2.24, 2.45) is 0 Å². The van der Waals surface area contributed by atoms with E-state index >= 15 is 0 Å². The molecule has 0 fully saturated rings. The van der Waals surface area contributed by atoms with Gasteiger partial charge in [-0.15, -0.1) is 8.78 Å². The molecule has 7 nitrogen and oxygen atoms in total. The van der Waals surface area contributed by atoms with Crippen LogP contribution in [0.25, 0.3) is 0 Å². The molecule has 150 valence electrons. The Hall–Kier alpha value is -3.07. The van der Waals surface area contributed by atoms with Gasteiger partial charge in [0.2, 0.25) is 5.91 Å². The Morgan fingerprint density at radius 1 is 1.11 bits per heavy atom. The summed E-state index contributed by atoms with van der Waals surface area (Å²) in [7, 11) is 4.92. The molecule has 1 N–H and O–H groups in total. The van der Waals surface area contributed by atoms with Crippen molar-refractivity contribution in [2.75, 3.05) is 33.1 Å². The summed E-state index contributed by atoms with van der Waals surface area (Å²) in [5, 5.41) is 2.65. The van der Waals surface area contributed by atoms with Gasteiger partial charge in [0, 0.05) is 29.9 Å². The Morgan fingerprint density at radius 3 is 2.57 bits per heavy atom. The van der Waals surface area contributed by atoms with E-state index in [1.807, 2.05) is 12.1 Å². The number of ether oxygens (including phenoxy) is 4. The fraction of sp³-hybridized carbons (Fsp3) is 0.316. The molecule has 2 aromatic rings. The van der Waals surface area contributed by atoms with Gasteiger partial charge in [-0.3, -0.25) is 9.69 Å². The molecule has 3 rings (SSSR count). The minimum Gasteiger partial charge on any atom is -0.497 e. The number of fused-ring (bicyclic) bond motifs is 1. The summed E-state index contributed by atoms with van der Waals surface area (Å²) < 4.78 is 45.4. The normalized spacial score (nSPS) is 14.1. The second-order valence-electron chi connectivity index (χ2n) is 6.23. The van der Waals surface area contributed by atoms with Crippen LogP contribution in [0.3, 0.4) is 0 Å². The summed E-state index contributed by atoms with van der Waals surface area (Å²) in [5.41, 5.74) is 1.23. The monoisotopic (exact) mass is 394 g/mol. The van der Waals surface area contributed by atoms with Crippen LogP contribution in [0, 0.1) is 0 Å². The Morgan fingerprint density at radius 2 is 1.86 bits per heavy atom. The zero-order chi connectivity index (χ0) is 20.3. The van der Waals surface area contributed by atoms with E-state index in [9.17, 15) is 13.6 Å². The van der Waals surface area contributed by atoms with E-state index in [-0.39, 0.29) is 24.0 Å². The number of carbonyl (C=O) groups is 1. The topological polar surface area (TPSA) is 69.3 Å². The van der Waals surface area contributed by atoms with Crippen molar-refractivity contribution in [3.63, 3.8) is 0 Å². The molecule has 0 bridgehead atoms. The summed E-state index contributed by atoms with van der Waals surface area (Å²) in [4.78, 5) is 14.1. The molecule has 1 amide bonds. The lowest BCUT2D eigenvalue weighted by atomic mass is 10.2. The van der Waals surface area contributed by atoms with Crippen LogP contribution in [-0.4, -0.2) is 44.9 Å². The van der Waals surface area contributed by atoms with Gasteiger partial charge in [0.05, 0.1) is 20.8 Å². The number of halogens is 2. The van der Waals surface area contributed by atoms with Gasteiger partial charge in [0.1, 0.15) is 11.5 Å². The van der Waals surface area contributed by atoms with Crippen LogP contribution in [0.15, 0.2) is 36.4 Å². The third-order valence-electron chi connectivity index (χ3n) is 4.03. The first-order chi connectivity index (χ1) is 13.3. The minimum atomic E-state index is -3.69. The predicted octanol–water partition coefficient (Wildman–Crippen LogP) is 3.10. The number of benzene rings is 2. The van der Waals surface area contributed by atoms with E-state index in [1.165, 1.54) is 18.2 Å². The molecule has 0 radical (unpaired) electrons. The van der Waals surface area contributed by atoms with Gasteiger partial charge in [-0.2, -0.15) is 0 Å². The highest BCUT2D eigenvalue weighted by Crippen LogP contribution is 2.42. The number of hydrogen-bond acceptors (Lipinski definition) is 6. The molecule has 28 heavy (non-hydrogen) atoms. The zero-order valence-electron chi connectivity index (χ0n) is 15.6. The largest absolute Gasteiger partial charge is 0.586 e. The first kappa shape index (κ1) is 19.7. The summed E-state index contributed by atoms with van der Waals surface area (Å²) in [6.07, 6.45) is -3.69. The summed E-state index contributed by atoms with van der Waals surface area (Å²) in [6, 6.07) is 9.52. The average molecular weight is 394 g/mol. The molecule has 1 aliphatic rings. The maximum absolute atomic E-state index is 13.1. The lowest BCUT2D eigenvalue weighted by Crippen LogP contribution is -2.30. The van der Waals surface area contributed by atoms with Crippen molar-refractivity contribution in [3.8, 4) is 23.0 Å². The van der Waals surface area contributed by atoms with Gasteiger partial charge in [-0.1, -0.05) is 6.07 Å². The first-order valence-electron chi connectivity index (χ1n) is 8.39. The van der Waals surface area contributed by atoms with Crippen LogP contribution in [-0.2, 0) is 11.3 Å². The Labute approximate surface area is 160 Å². The maximum atomic E-state index is 13.1.